The molecule has 494 valence electrons. The van der Waals surface area contributed by atoms with Crippen LogP contribution in [0.15, 0.2) is 206 Å². The van der Waals surface area contributed by atoms with Gasteiger partial charge in [-0.25, -0.2) is 0 Å². The second kappa shape index (κ2) is 32.1. The number of para-hydroxylation sites is 2. The minimum absolute atomic E-state index is 0.0116. The lowest BCUT2D eigenvalue weighted by Gasteiger charge is -2.43. The lowest BCUT2D eigenvalue weighted by molar-refractivity contribution is 0.0707. The highest BCUT2D eigenvalue weighted by atomic mass is 28.4. The first-order valence-corrected chi connectivity index (χ1v) is 35.0. The summed E-state index contributed by atoms with van der Waals surface area (Å²) in [6, 6.07) is 68.5. The first-order valence-electron chi connectivity index (χ1n) is 33.1. The molecule has 2 saturated heterocycles. The number of ether oxygens (including phenoxy) is 2. The van der Waals surface area contributed by atoms with Crippen molar-refractivity contribution in [2.24, 2.45) is 0 Å². The summed E-state index contributed by atoms with van der Waals surface area (Å²) >= 11 is 0. The maximum Gasteiger partial charge on any atom is 0.319 e. The zero-order chi connectivity index (χ0) is 66.0. The number of aromatic nitrogens is 4. The van der Waals surface area contributed by atoms with Gasteiger partial charge in [-0.05, 0) is 163 Å². The van der Waals surface area contributed by atoms with Crippen molar-refractivity contribution in [2.75, 3.05) is 76.2 Å². The molecule has 0 bridgehead atoms. The van der Waals surface area contributed by atoms with E-state index in [-0.39, 0.29) is 35.8 Å². The predicted octanol–water partition coefficient (Wildman–Crippen LogP) is 10.3. The largest absolute Gasteiger partial charge is 0.534 e. The van der Waals surface area contributed by atoms with Crippen LogP contribution in [-0.4, -0.2) is 156 Å². The molecule has 12 rings (SSSR count). The van der Waals surface area contributed by atoms with Gasteiger partial charge in [-0.3, -0.25) is 19.8 Å². The minimum Gasteiger partial charge on any atom is -0.534 e. The number of H-pyrrole nitrogens is 2. The molecule has 2 fully saturated rings. The number of phenols is 1. The maximum atomic E-state index is 13.1. The Balaban J connectivity index is 0.000000206. The molecule has 9 N–H and O–H groups in total. The Morgan fingerprint density at radius 2 is 0.895 bits per heavy atom. The molecule has 0 spiro atoms. The average Bonchev–Trinajstić information content (AvgIpc) is 1.41. The predicted molar refractivity (Wildman–Crippen MR) is 379 cm³/mol. The molecule has 2 amide bonds. The fourth-order valence-corrected chi connectivity index (χ4v) is 16.9. The molecular weight excluding hydrogens is 1210 g/mol. The number of anilines is 2. The smallest absolute Gasteiger partial charge is 0.319 e. The highest BCUT2D eigenvalue weighted by Gasteiger charge is 2.52. The molecule has 19 heteroatoms. The summed E-state index contributed by atoms with van der Waals surface area (Å²) in [6.45, 7) is 12.4. The van der Waals surface area contributed by atoms with E-state index in [1.54, 1.807) is 24.3 Å². The summed E-state index contributed by atoms with van der Waals surface area (Å²) in [7, 11) is -2.72. The van der Waals surface area contributed by atoms with Crippen LogP contribution < -0.4 is 45.5 Å². The van der Waals surface area contributed by atoms with Gasteiger partial charge in [0, 0.05) is 73.5 Å². The second-order valence-electron chi connectivity index (χ2n) is 25.6. The summed E-state index contributed by atoms with van der Waals surface area (Å²) in [6.07, 6.45) is 3.98. The van der Waals surface area contributed by atoms with E-state index in [0.717, 1.165) is 90.5 Å². The topological polar surface area (TPSA) is 234 Å². The standard InChI is InChI=1S/C46H53N5O4Si.C30H35N5O4/c1-46(2,3)56(40-12-6-4-7-13-40,41-14-8-5-9-15-41)55-39-24-22-38(23-25-39)54-33-37(52)32-47-29-26-34-18-20-35(21-19-34)48-36-27-30-51(31-28-36)45(53)44-42-16-10-11-17-43(42)49-50-44;36-24-9-11-26(12-10-24)39-20-25(37)19-31-16-13-21-5-7-22(8-6-21)32-23-14-17-35(18-15-23)30(38)29-27-3-1-2-4-28(27)33-34-29/h4-25,36-37,47-48,52H,26-33H2,1-3H3,(H,49,50);1-12,23,25,31-32,36-37H,13-20H2,(H,33,34)/t37-;25-/m00/s1. The van der Waals surface area contributed by atoms with E-state index in [9.17, 15) is 24.9 Å². The number of rotatable bonds is 26. The SMILES string of the molecule is CC(C)(C)[Si](Oc1ccc(OC[C@@H](O)CNCCc2ccc(NC3CCN(C(=O)c4n[nH]c5ccccc45)CC3)cc2)cc1)(c1ccccc1)c1ccccc1.O=C(c1n[nH]c2ccccc12)N1CCC(Nc2ccc(CCNC[C@H](O)COc3ccc(O)cc3)cc2)CC1. The summed E-state index contributed by atoms with van der Waals surface area (Å²) in [5.74, 6) is 2.26. The number of phenolic OH excluding ortho intramolecular Hbond substituents is 1. The molecule has 2 aromatic heterocycles. The third-order valence-electron chi connectivity index (χ3n) is 17.7. The molecule has 4 heterocycles. The van der Waals surface area contributed by atoms with Crippen molar-refractivity contribution < 1.29 is 38.8 Å². The summed E-state index contributed by atoms with van der Waals surface area (Å²) in [4.78, 5) is 30.0. The molecule has 0 aliphatic carbocycles. The number of hydrogen-bond acceptors (Lipinski definition) is 14. The van der Waals surface area contributed by atoms with Crippen LogP contribution >= 0.6 is 0 Å². The third-order valence-corrected chi connectivity index (χ3v) is 22.7. The average molecular weight is 1300 g/mol. The molecule has 8 aromatic carbocycles. The van der Waals surface area contributed by atoms with Crippen LogP contribution in [0, 0.1) is 0 Å². The van der Waals surface area contributed by atoms with E-state index in [1.807, 2.05) is 94.7 Å². The first kappa shape index (κ1) is 66.9. The Morgan fingerprint density at radius 3 is 1.31 bits per heavy atom. The summed E-state index contributed by atoms with van der Waals surface area (Å²) in [5, 5.41) is 62.5. The number of aromatic amines is 2. The number of aromatic hydroxyl groups is 1. The van der Waals surface area contributed by atoms with E-state index in [0.29, 0.717) is 74.2 Å². The Kier molecular flexibility index (Phi) is 22.6. The number of aliphatic hydroxyl groups is 2. The van der Waals surface area contributed by atoms with Crippen LogP contribution in [0.3, 0.4) is 0 Å². The van der Waals surface area contributed by atoms with E-state index < -0.39 is 20.5 Å². The molecule has 18 nitrogen and oxygen atoms in total. The number of carbonyl (C=O) groups excluding carboxylic acids is 2. The van der Waals surface area contributed by atoms with Crippen LogP contribution in [0.2, 0.25) is 5.04 Å². The van der Waals surface area contributed by atoms with Crippen LogP contribution in [0.4, 0.5) is 11.4 Å². The van der Waals surface area contributed by atoms with Gasteiger partial charge in [0.1, 0.15) is 48.4 Å². The van der Waals surface area contributed by atoms with E-state index in [2.05, 4.69) is 159 Å². The molecule has 0 radical (unpaired) electrons. The number of aliphatic hydroxyl groups excluding tert-OH is 2. The van der Waals surface area contributed by atoms with Crippen LogP contribution in [0.1, 0.15) is 78.6 Å². The highest BCUT2D eigenvalue weighted by molar-refractivity contribution is 7.00. The quantitative estimate of drug-likeness (QED) is 0.0181. The van der Waals surface area contributed by atoms with Gasteiger partial charge >= 0.3 is 8.32 Å². The number of nitrogens with one attached hydrogen (secondary N) is 6. The Labute approximate surface area is 557 Å². The van der Waals surface area contributed by atoms with E-state index in [1.165, 1.54) is 21.5 Å². The molecule has 10 aromatic rings. The van der Waals surface area contributed by atoms with Crippen molar-refractivity contribution in [1.29, 1.82) is 0 Å². The van der Waals surface area contributed by atoms with Crippen molar-refractivity contribution in [3.05, 3.63) is 229 Å². The number of amides is 2. The van der Waals surface area contributed by atoms with Crippen LogP contribution in [0.25, 0.3) is 21.8 Å². The fraction of sp³-hybridized carbons (Fsp3) is 0.316. The Hall–Kier alpha value is -9.50. The first-order chi connectivity index (χ1) is 46.2. The van der Waals surface area contributed by atoms with Crippen LogP contribution in [-0.2, 0) is 12.8 Å². The van der Waals surface area contributed by atoms with Crippen molar-refractivity contribution in [3.63, 3.8) is 0 Å². The van der Waals surface area contributed by atoms with Gasteiger partial charge in [0.25, 0.3) is 11.8 Å². The van der Waals surface area contributed by atoms with Crippen molar-refractivity contribution >= 4 is 63.7 Å². The number of fused-ring (bicyclic) bond motifs is 2. The number of nitrogens with zero attached hydrogens (tertiary/aromatic N) is 4. The van der Waals surface area contributed by atoms with Gasteiger partial charge in [-0.2, -0.15) is 10.2 Å². The van der Waals surface area contributed by atoms with Gasteiger partial charge < -0.3 is 60.3 Å². The van der Waals surface area contributed by atoms with Crippen molar-refractivity contribution in [1.82, 2.24) is 40.8 Å². The molecule has 2 aliphatic heterocycles. The molecule has 0 unspecified atom stereocenters. The second-order valence-corrected chi connectivity index (χ2v) is 29.8. The van der Waals surface area contributed by atoms with Gasteiger partial charge in [0.2, 0.25) is 0 Å². The number of piperidine rings is 2. The monoisotopic (exact) mass is 1300 g/mol. The number of likely N-dealkylation sites (tertiary alicyclic amines) is 2. The summed E-state index contributed by atoms with van der Waals surface area (Å²) < 4.78 is 18.6. The van der Waals surface area contributed by atoms with Gasteiger partial charge in [-0.1, -0.05) is 142 Å². The zero-order valence-electron chi connectivity index (χ0n) is 54.4. The molecule has 2 atom stereocenters. The lowest BCUT2D eigenvalue weighted by Crippen LogP contribution is -2.68. The third kappa shape index (κ3) is 17.7. The van der Waals surface area contributed by atoms with Gasteiger partial charge in [0.05, 0.1) is 11.0 Å². The Morgan fingerprint density at radius 1 is 0.516 bits per heavy atom. The van der Waals surface area contributed by atoms with E-state index in [4.69, 9.17) is 13.9 Å². The molecule has 2 aliphatic rings. The summed E-state index contributed by atoms with van der Waals surface area (Å²) in [5.41, 5.74) is 7.36. The fourth-order valence-electron chi connectivity index (χ4n) is 12.5. The minimum atomic E-state index is -2.72. The molecule has 0 saturated carbocycles. The number of carbonyl (C=O) groups is 2. The van der Waals surface area contributed by atoms with Gasteiger partial charge in [-0.15, -0.1) is 0 Å². The number of hydrogen-bond donors (Lipinski definition) is 9. The Bertz CT molecular complexity index is 3970. The van der Waals surface area contributed by atoms with Crippen molar-refractivity contribution in [3.8, 4) is 23.0 Å². The maximum absolute atomic E-state index is 13.1. The number of benzene rings is 8. The lowest BCUT2D eigenvalue weighted by atomic mass is 10.0. The van der Waals surface area contributed by atoms with Crippen molar-refractivity contribution in [2.45, 2.75) is 88.6 Å². The molecule has 95 heavy (non-hydrogen) atoms. The zero-order valence-corrected chi connectivity index (χ0v) is 55.4. The van der Waals surface area contributed by atoms with Crippen LogP contribution in [0.5, 0.6) is 23.0 Å². The van der Waals surface area contributed by atoms with E-state index >= 15 is 0 Å². The van der Waals surface area contributed by atoms with Gasteiger partial charge in [0.15, 0.2) is 11.4 Å². The normalized spacial score (nSPS) is 14.6. The highest BCUT2D eigenvalue weighted by Crippen LogP contribution is 2.38. The molecular formula is C76H88N10O8Si.